The second-order valence-electron chi connectivity index (χ2n) is 5.13. The van der Waals surface area contributed by atoms with Gasteiger partial charge in [-0.15, -0.1) is 0 Å². The van der Waals surface area contributed by atoms with E-state index in [1.807, 2.05) is 20.8 Å². The van der Waals surface area contributed by atoms with Gasteiger partial charge in [0.1, 0.15) is 11.6 Å². The van der Waals surface area contributed by atoms with Crippen molar-refractivity contribution in [2.24, 2.45) is 5.73 Å². The minimum absolute atomic E-state index is 0.359. The summed E-state index contributed by atoms with van der Waals surface area (Å²) in [4.78, 5) is 11.5. The highest BCUT2D eigenvalue weighted by molar-refractivity contribution is 5.75. The molecule has 0 spiro atoms. The van der Waals surface area contributed by atoms with E-state index in [1.54, 1.807) is 6.92 Å². The molecule has 1 atom stereocenters. The summed E-state index contributed by atoms with van der Waals surface area (Å²) < 4.78 is 5.37. The average molecular weight is 235 g/mol. The second-order valence-corrected chi connectivity index (χ2v) is 5.13. The average Bonchev–Trinajstić information content (AvgIpc) is 2.20. The molecule has 0 aliphatic heterocycles. The van der Waals surface area contributed by atoms with E-state index >= 15 is 0 Å². The fraction of sp³-hybridized carbons (Fsp3) is 0.500. The van der Waals surface area contributed by atoms with Gasteiger partial charge in [0.25, 0.3) is 0 Å². The van der Waals surface area contributed by atoms with Crippen molar-refractivity contribution in [3.8, 4) is 0 Å². The molecule has 1 aromatic rings. The minimum atomic E-state index is -0.577. The number of nitrogens with two attached hydrogens (primary N) is 1. The molecule has 3 heteroatoms. The lowest BCUT2D eigenvalue weighted by Crippen LogP contribution is -2.38. The maximum atomic E-state index is 11.5. The van der Waals surface area contributed by atoms with Crippen molar-refractivity contribution >= 4 is 5.97 Å². The van der Waals surface area contributed by atoms with Crippen molar-refractivity contribution in [1.82, 2.24) is 0 Å². The van der Waals surface area contributed by atoms with Gasteiger partial charge in [-0.3, -0.25) is 4.79 Å². The summed E-state index contributed by atoms with van der Waals surface area (Å²) in [5.41, 5.74) is 7.33. The number of esters is 1. The zero-order valence-corrected chi connectivity index (χ0v) is 11.0. The Morgan fingerprint density at radius 1 is 1.35 bits per heavy atom. The van der Waals surface area contributed by atoms with E-state index in [4.69, 9.17) is 10.5 Å². The van der Waals surface area contributed by atoms with Crippen LogP contribution in [0.5, 0.6) is 0 Å². The Morgan fingerprint density at radius 2 is 1.88 bits per heavy atom. The lowest BCUT2D eigenvalue weighted by Gasteiger charge is -2.26. The van der Waals surface area contributed by atoms with Crippen molar-refractivity contribution < 1.29 is 9.53 Å². The molecule has 0 fully saturated rings. The van der Waals surface area contributed by atoms with E-state index in [9.17, 15) is 4.79 Å². The maximum absolute atomic E-state index is 11.5. The molecule has 94 valence electrons. The van der Waals surface area contributed by atoms with Gasteiger partial charge in [-0.25, -0.2) is 0 Å². The summed E-state index contributed by atoms with van der Waals surface area (Å²) >= 11 is 0. The molecule has 1 aromatic carbocycles. The first kappa shape index (κ1) is 13.7. The normalized spacial score (nSPS) is 13.2. The fourth-order valence-corrected chi connectivity index (χ4v) is 1.60. The third kappa shape index (κ3) is 4.57. The van der Waals surface area contributed by atoms with Crippen LogP contribution in [0.2, 0.25) is 0 Å². The molecule has 0 bridgehead atoms. The van der Waals surface area contributed by atoms with Crippen molar-refractivity contribution in [2.75, 3.05) is 0 Å². The quantitative estimate of drug-likeness (QED) is 0.814. The lowest BCUT2D eigenvalue weighted by molar-refractivity contribution is -0.157. The van der Waals surface area contributed by atoms with E-state index < -0.39 is 11.6 Å². The van der Waals surface area contributed by atoms with Crippen LogP contribution in [0, 0.1) is 6.92 Å². The van der Waals surface area contributed by atoms with Crippen molar-refractivity contribution in [1.29, 1.82) is 0 Å². The van der Waals surface area contributed by atoms with Crippen molar-refractivity contribution in [2.45, 2.75) is 45.8 Å². The Kier molecular flexibility index (Phi) is 4.29. The summed E-state index contributed by atoms with van der Waals surface area (Å²) in [5.74, 6) is -0.359. The topological polar surface area (TPSA) is 52.3 Å². The predicted molar refractivity (Wildman–Crippen MR) is 68.7 cm³/mol. The van der Waals surface area contributed by atoms with Gasteiger partial charge in [-0.05, 0) is 33.3 Å². The van der Waals surface area contributed by atoms with Gasteiger partial charge in [0, 0.05) is 6.42 Å². The Labute approximate surface area is 103 Å². The summed E-state index contributed by atoms with van der Waals surface area (Å²) in [6.45, 7) is 7.47. The van der Waals surface area contributed by atoms with Crippen LogP contribution in [0.15, 0.2) is 24.3 Å². The van der Waals surface area contributed by atoms with E-state index in [0.29, 0.717) is 6.42 Å². The van der Waals surface area contributed by atoms with Gasteiger partial charge in [0.15, 0.2) is 0 Å². The lowest BCUT2D eigenvalue weighted by atomic mass is 9.97. The Morgan fingerprint density at radius 3 is 2.35 bits per heavy atom. The van der Waals surface area contributed by atoms with Crippen LogP contribution in [0.25, 0.3) is 0 Å². The van der Waals surface area contributed by atoms with E-state index in [-0.39, 0.29) is 5.97 Å². The second kappa shape index (κ2) is 5.32. The predicted octanol–water partition coefficient (Wildman–Crippen LogP) is 2.21. The van der Waals surface area contributed by atoms with Gasteiger partial charge < -0.3 is 10.5 Å². The van der Waals surface area contributed by atoms with Crippen molar-refractivity contribution in [3.63, 3.8) is 0 Å². The zero-order chi connectivity index (χ0) is 13.1. The Bertz CT molecular complexity index is 380. The molecular weight excluding hydrogens is 214 g/mol. The van der Waals surface area contributed by atoms with E-state index in [0.717, 1.165) is 5.56 Å². The summed E-state index contributed by atoms with van der Waals surface area (Å²) in [6.07, 6.45) is 0.686. The smallest absolute Gasteiger partial charge is 0.323 e. The number of carbonyl (C=O) groups is 1. The van der Waals surface area contributed by atoms with Crippen LogP contribution in [0.3, 0.4) is 0 Å². The molecule has 2 N–H and O–H groups in total. The van der Waals surface area contributed by atoms with Crippen LogP contribution in [0.1, 0.15) is 31.9 Å². The summed E-state index contributed by atoms with van der Waals surface area (Å²) in [7, 11) is 0. The van der Waals surface area contributed by atoms with Gasteiger partial charge in [0.05, 0.1) is 0 Å². The molecular formula is C14H21NO2. The van der Waals surface area contributed by atoms with Crippen LogP contribution < -0.4 is 5.73 Å². The van der Waals surface area contributed by atoms with Gasteiger partial charge >= 0.3 is 5.97 Å². The SMILES string of the molecule is Cc1ccc(CC(C)(C)OC(=O)C(C)N)cc1. The van der Waals surface area contributed by atoms with Gasteiger partial charge in [-0.2, -0.15) is 0 Å². The van der Waals surface area contributed by atoms with Gasteiger partial charge in [0.2, 0.25) is 0 Å². The Hall–Kier alpha value is -1.35. The van der Waals surface area contributed by atoms with Crippen LogP contribution >= 0.6 is 0 Å². The number of ether oxygens (including phenoxy) is 1. The molecule has 17 heavy (non-hydrogen) atoms. The summed E-state index contributed by atoms with van der Waals surface area (Å²) in [5, 5.41) is 0. The highest BCUT2D eigenvalue weighted by Gasteiger charge is 2.24. The van der Waals surface area contributed by atoms with E-state index in [1.165, 1.54) is 5.56 Å². The first-order valence-corrected chi connectivity index (χ1v) is 5.84. The fourth-order valence-electron chi connectivity index (χ4n) is 1.60. The molecule has 1 unspecified atom stereocenters. The minimum Gasteiger partial charge on any atom is -0.458 e. The highest BCUT2D eigenvalue weighted by atomic mass is 16.6. The molecule has 0 aliphatic carbocycles. The first-order chi connectivity index (χ1) is 7.80. The number of aryl methyl sites for hydroxylation is 1. The van der Waals surface area contributed by atoms with Gasteiger partial charge in [-0.1, -0.05) is 29.8 Å². The number of benzene rings is 1. The third-order valence-corrected chi connectivity index (χ3v) is 2.50. The third-order valence-electron chi connectivity index (χ3n) is 2.50. The number of carbonyl (C=O) groups excluding carboxylic acids is 1. The van der Waals surface area contributed by atoms with Crippen molar-refractivity contribution in [3.05, 3.63) is 35.4 Å². The zero-order valence-electron chi connectivity index (χ0n) is 11.0. The maximum Gasteiger partial charge on any atom is 0.323 e. The molecule has 0 saturated heterocycles. The molecule has 1 rings (SSSR count). The molecule has 0 heterocycles. The number of rotatable bonds is 4. The highest BCUT2D eigenvalue weighted by Crippen LogP contribution is 2.18. The molecule has 3 nitrogen and oxygen atoms in total. The monoisotopic (exact) mass is 235 g/mol. The largest absolute Gasteiger partial charge is 0.458 e. The van der Waals surface area contributed by atoms with E-state index in [2.05, 4.69) is 24.3 Å². The molecule has 0 aromatic heterocycles. The molecule has 0 saturated carbocycles. The molecule has 0 amide bonds. The molecule has 0 radical (unpaired) electrons. The van der Waals surface area contributed by atoms with Crippen LogP contribution in [-0.2, 0) is 16.0 Å². The first-order valence-electron chi connectivity index (χ1n) is 5.84. The Balaban J connectivity index is 2.66. The number of hydrogen-bond acceptors (Lipinski definition) is 3. The van der Waals surface area contributed by atoms with Crippen LogP contribution in [-0.4, -0.2) is 17.6 Å². The molecule has 0 aliphatic rings. The summed E-state index contributed by atoms with van der Waals surface area (Å²) in [6, 6.07) is 7.64. The standard InChI is InChI=1S/C14H21NO2/c1-10-5-7-12(8-6-10)9-14(3,4)17-13(16)11(2)15/h5-8,11H,9,15H2,1-4H3. The number of hydrogen-bond donors (Lipinski definition) is 1. The van der Waals surface area contributed by atoms with Crippen LogP contribution in [0.4, 0.5) is 0 Å².